The SMILES string of the molecule is CC(C)(C)OC(=O)N1CCC(Oc2ccnc3ccc(B4OC(C)(C)C(C)(C)O4)cc23)CC1. The molecule has 0 bridgehead atoms. The molecule has 2 aromatic rings. The first-order valence-corrected chi connectivity index (χ1v) is 11.7. The van der Waals surface area contributed by atoms with Gasteiger partial charge in [0.15, 0.2) is 0 Å². The van der Waals surface area contributed by atoms with E-state index in [1.165, 1.54) is 0 Å². The van der Waals surface area contributed by atoms with Gasteiger partial charge in [-0.25, -0.2) is 4.79 Å². The zero-order chi connectivity index (χ0) is 24.0. The van der Waals surface area contributed by atoms with Gasteiger partial charge in [-0.05, 0) is 72.1 Å². The van der Waals surface area contributed by atoms with Crippen LogP contribution in [0.1, 0.15) is 61.3 Å². The fourth-order valence-electron chi connectivity index (χ4n) is 4.03. The van der Waals surface area contributed by atoms with E-state index in [4.69, 9.17) is 18.8 Å². The number of carbonyl (C=O) groups excluding carboxylic acids is 1. The van der Waals surface area contributed by atoms with Crippen LogP contribution in [0.3, 0.4) is 0 Å². The molecule has 8 heteroatoms. The van der Waals surface area contributed by atoms with E-state index in [2.05, 4.69) is 11.1 Å². The molecule has 0 spiro atoms. The van der Waals surface area contributed by atoms with Crippen LogP contribution in [0.5, 0.6) is 5.75 Å². The van der Waals surface area contributed by atoms with E-state index < -0.39 is 23.9 Å². The molecule has 33 heavy (non-hydrogen) atoms. The molecule has 0 unspecified atom stereocenters. The summed E-state index contributed by atoms with van der Waals surface area (Å²) in [6, 6.07) is 7.93. The van der Waals surface area contributed by atoms with Crippen LogP contribution in [0.4, 0.5) is 4.79 Å². The van der Waals surface area contributed by atoms with Crippen molar-refractivity contribution in [3.63, 3.8) is 0 Å². The Labute approximate surface area is 196 Å². The average Bonchev–Trinajstić information content (AvgIpc) is 2.94. The van der Waals surface area contributed by atoms with Gasteiger partial charge in [-0.15, -0.1) is 0 Å². The predicted molar refractivity (Wildman–Crippen MR) is 129 cm³/mol. The van der Waals surface area contributed by atoms with Gasteiger partial charge < -0.3 is 23.7 Å². The molecule has 3 heterocycles. The zero-order valence-electron chi connectivity index (χ0n) is 20.8. The van der Waals surface area contributed by atoms with Crippen LogP contribution in [0.2, 0.25) is 0 Å². The lowest BCUT2D eigenvalue weighted by Gasteiger charge is -2.33. The summed E-state index contributed by atoms with van der Waals surface area (Å²) < 4.78 is 24.3. The molecule has 7 nitrogen and oxygen atoms in total. The Balaban J connectivity index is 1.47. The van der Waals surface area contributed by atoms with Gasteiger partial charge in [-0.2, -0.15) is 0 Å². The van der Waals surface area contributed by atoms with E-state index in [0.717, 1.165) is 35.0 Å². The van der Waals surface area contributed by atoms with E-state index in [0.29, 0.717) is 13.1 Å². The molecule has 178 valence electrons. The molecule has 0 saturated carbocycles. The second-order valence-electron chi connectivity index (χ2n) is 11.0. The molecular formula is C25H35BN2O5. The maximum Gasteiger partial charge on any atom is 0.494 e. The molecule has 0 radical (unpaired) electrons. The third-order valence-corrected chi connectivity index (χ3v) is 6.64. The van der Waals surface area contributed by atoms with Crippen molar-refractivity contribution in [1.29, 1.82) is 0 Å². The monoisotopic (exact) mass is 454 g/mol. The van der Waals surface area contributed by atoms with E-state index in [-0.39, 0.29) is 12.2 Å². The number of likely N-dealkylation sites (tertiary alicyclic amines) is 1. The van der Waals surface area contributed by atoms with E-state index in [1.54, 1.807) is 11.1 Å². The number of fused-ring (bicyclic) bond motifs is 1. The number of hydrogen-bond donors (Lipinski definition) is 0. The first-order valence-electron chi connectivity index (χ1n) is 11.7. The third-order valence-electron chi connectivity index (χ3n) is 6.64. The Kier molecular flexibility index (Phi) is 6.12. The summed E-state index contributed by atoms with van der Waals surface area (Å²) in [5.41, 5.74) is 0.513. The van der Waals surface area contributed by atoms with Crippen molar-refractivity contribution in [2.24, 2.45) is 0 Å². The number of carbonyl (C=O) groups is 1. The normalized spacial score (nSPS) is 20.8. The zero-order valence-corrected chi connectivity index (χ0v) is 20.8. The number of hydrogen-bond acceptors (Lipinski definition) is 6. The molecule has 0 atom stereocenters. The lowest BCUT2D eigenvalue weighted by Crippen LogP contribution is -2.44. The Morgan fingerprint density at radius 2 is 1.73 bits per heavy atom. The van der Waals surface area contributed by atoms with Gasteiger partial charge in [-0.1, -0.05) is 6.07 Å². The van der Waals surface area contributed by atoms with Gasteiger partial charge in [-0.3, -0.25) is 4.98 Å². The van der Waals surface area contributed by atoms with Gasteiger partial charge in [0, 0.05) is 37.5 Å². The predicted octanol–water partition coefficient (Wildman–Crippen LogP) is 4.31. The second kappa shape index (κ2) is 8.47. The highest BCUT2D eigenvalue weighted by Gasteiger charge is 2.51. The standard InChI is InChI=1S/C25H35BN2O5/c1-23(2,3)31-22(29)28-14-11-18(12-15-28)30-21-10-13-27-20-9-8-17(16-19(20)21)26-32-24(4,5)25(6,7)33-26/h8-10,13,16,18H,11-12,14-15H2,1-7H3. The van der Waals surface area contributed by atoms with E-state index in [1.807, 2.05) is 66.7 Å². The summed E-state index contributed by atoms with van der Waals surface area (Å²) >= 11 is 0. The number of piperidine rings is 1. The van der Waals surface area contributed by atoms with Crippen LogP contribution in [0.15, 0.2) is 30.5 Å². The van der Waals surface area contributed by atoms with Crippen molar-refractivity contribution in [2.45, 2.75) is 84.2 Å². The Morgan fingerprint density at radius 3 is 2.33 bits per heavy atom. The first-order chi connectivity index (χ1) is 15.3. The number of benzene rings is 1. The fraction of sp³-hybridized carbons (Fsp3) is 0.600. The molecule has 1 amide bonds. The molecule has 0 N–H and O–H groups in total. The highest BCUT2D eigenvalue weighted by atomic mass is 16.7. The first kappa shape index (κ1) is 23.8. The smallest absolute Gasteiger partial charge is 0.490 e. The topological polar surface area (TPSA) is 70.1 Å². The Morgan fingerprint density at radius 1 is 1.09 bits per heavy atom. The lowest BCUT2D eigenvalue weighted by atomic mass is 9.78. The van der Waals surface area contributed by atoms with Crippen molar-refractivity contribution in [1.82, 2.24) is 9.88 Å². The second-order valence-corrected chi connectivity index (χ2v) is 11.0. The summed E-state index contributed by atoms with van der Waals surface area (Å²) in [4.78, 5) is 18.6. The quantitative estimate of drug-likeness (QED) is 0.644. The number of nitrogens with zero attached hydrogens (tertiary/aromatic N) is 2. The number of amides is 1. The van der Waals surface area contributed by atoms with Crippen LogP contribution >= 0.6 is 0 Å². The van der Waals surface area contributed by atoms with Gasteiger partial charge >= 0.3 is 13.2 Å². The van der Waals surface area contributed by atoms with Crippen molar-refractivity contribution in [3.05, 3.63) is 30.5 Å². The largest absolute Gasteiger partial charge is 0.494 e. The summed E-state index contributed by atoms with van der Waals surface area (Å²) in [5, 5.41) is 0.930. The van der Waals surface area contributed by atoms with Crippen LogP contribution in [-0.2, 0) is 14.0 Å². The van der Waals surface area contributed by atoms with Crippen molar-refractivity contribution < 1.29 is 23.6 Å². The van der Waals surface area contributed by atoms with Crippen molar-refractivity contribution >= 4 is 29.6 Å². The molecule has 4 rings (SSSR count). The number of rotatable bonds is 3. The van der Waals surface area contributed by atoms with Crippen LogP contribution in [-0.4, -0.2) is 59.1 Å². The van der Waals surface area contributed by atoms with Crippen LogP contribution in [0.25, 0.3) is 10.9 Å². The van der Waals surface area contributed by atoms with Gasteiger partial charge in [0.1, 0.15) is 17.5 Å². The van der Waals surface area contributed by atoms with Gasteiger partial charge in [0.25, 0.3) is 0 Å². The van der Waals surface area contributed by atoms with Gasteiger partial charge in [0.05, 0.1) is 16.7 Å². The summed E-state index contributed by atoms with van der Waals surface area (Å²) in [6.07, 6.45) is 3.03. The molecule has 2 aliphatic heterocycles. The molecule has 2 fully saturated rings. The minimum atomic E-state index is -0.491. The Bertz CT molecular complexity index is 1010. The molecular weight excluding hydrogens is 419 g/mol. The van der Waals surface area contributed by atoms with E-state index in [9.17, 15) is 4.79 Å². The van der Waals surface area contributed by atoms with E-state index >= 15 is 0 Å². The number of aromatic nitrogens is 1. The maximum absolute atomic E-state index is 12.3. The van der Waals surface area contributed by atoms with Crippen molar-refractivity contribution in [2.75, 3.05) is 13.1 Å². The summed E-state index contributed by atoms with van der Waals surface area (Å²) in [6.45, 7) is 15.1. The number of ether oxygens (including phenoxy) is 2. The number of pyridine rings is 1. The summed E-state index contributed by atoms with van der Waals surface area (Å²) in [5.74, 6) is 0.786. The Hall–Kier alpha value is -2.32. The lowest BCUT2D eigenvalue weighted by molar-refractivity contribution is 0.00578. The van der Waals surface area contributed by atoms with Crippen molar-refractivity contribution in [3.8, 4) is 5.75 Å². The van der Waals surface area contributed by atoms with Crippen LogP contribution in [0, 0.1) is 0 Å². The molecule has 2 saturated heterocycles. The van der Waals surface area contributed by atoms with Gasteiger partial charge in [0.2, 0.25) is 0 Å². The molecule has 0 aliphatic carbocycles. The summed E-state index contributed by atoms with van der Waals surface area (Å²) in [7, 11) is -0.440. The minimum Gasteiger partial charge on any atom is -0.490 e. The average molecular weight is 454 g/mol. The minimum absolute atomic E-state index is 0.0230. The maximum atomic E-state index is 12.3. The molecule has 1 aromatic carbocycles. The highest BCUT2D eigenvalue weighted by Crippen LogP contribution is 2.37. The third kappa shape index (κ3) is 5.12. The molecule has 2 aliphatic rings. The fourth-order valence-corrected chi connectivity index (χ4v) is 4.03. The van der Waals surface area contributed by atoms with Crippen LogP contribution < -0.4 is 10.2 Å². The highest BCUT2D eigenvalue weighted by molar-refractivity contribution is 6.62. The molecule has 1 aromatic heterocycles.